The molecular weight excluding hydrogens is 294 g/mol. The van der Waals surface area contributed by atoms with Gasteiger partial charge in [-0.15, -0.1) is 0 Å². The molecule has 1 aliphatic rings. The number of hydrogen-bond acceptors (Lipinski definition) is 5. The van der Waals surface area contributed by atoms with E-state index in [4.69, 9.17) is 9.56 Å². The molecule has 1 aliphatic heterocycles. The van der Waals surface area contributed by atoms with Gasteiger partial charge < -0.3 is 9.32 Å². The molecule has 1 fully saturated rings. The van der Waals surface area contributed by atoms with Crippen LogP contribution in [0.2, 0.25) is 0 Å². The molecule has 1 aromatic carbocycles. The molecule has 1 saturated heterocycles. The highest BCUT2D eigenvalue weighted by atomic mass is 32.2. The molecule has 2 N–H and O–H groups in total. The number of carbonyl (C=O) groups is 1. The summed E-state index contributed by atoms with van der Waals surface area (Å²) in [6.45, 7) is 2.10. The van der Waals surface area contributed by atoms with Crippen molar-refractivity contribution in [3.8, 4) is 0 Å². The number of sulfonamides is 1. The molecule has 8 heteroatoms. The lowest BCUT2D eigenvalue weighted by Crippen LogP contribution is -2.27. The summed E-state index contributed by atoms with van der Waals surface area (Å²) in [7, 11) is -3.57. The van der Waals surface area contributed by atoms with E-state index in [-0.39, 0.29) is 24.0 Å². The molecule has 3 rings (SSSR count). The second-order valence-electron chi connectivity index (χ2n) is 5.29. The average Bonchev–Trinajstić information content (AvgIpc) is 2.88. The van der Waals surface area contributed by atoms with Crippen LogP contribution < -0.4 is 10.0 Å². The zero-order valence-corrected chi connectivity index (χ0v) is 12.3. The average molecular weight is 309 g/mol. The molecule has 2 aromatic rings. The van der Waals surface area contributed by atoms with Gasteiger partial charge in [-0.3, -0.25) is 4.79 Å². The Balaban J connectivity index is 1.86. The largest absolute Gasteiger partial charge is 0.441 e. The summed E-state index contributed by atoms with van der Waals surface area (Å²) in [5.74, 6) is -0.00643. The normalized spacial score (nSPS) is 19.6. The van der Waals surface area contributed by atoms with Gasteiger partial charge in [0, 0.05) is 31.5 Å². The quantitative estimate of drug-likeness (QED) is 0.901. The van der Waals surface area contributed by atoms with E-state index in [2.05, 4.69) is 4.98 Å². The van der Waals surface area contributed by atoms with Gasteiger partial charge in [0.2, 0.25) is 15.9 Å². The number of anilines is 1. The van der Waals surface area contributed by atoms with E-state index in [1.54, 1.807) is 30.0 Å². The van der Waals surface area contributed by atoms with E-state index >= 15 is 0 Å². The number of rotatable bonds is 3. The first-order valence-corrected chi connectivity index (χ1v) is 8.21. The van der Waals surface area contributed by atoms with Gasteiger partial charge in [0.05, 0.1) is 5.75 Å². The molecule has 0 bridgehead atoms. The van der Waals surface area contributed by atoms with Crippen molar-refractivity contribution in [1.29, 1.82) is 0 Å². The molecular formula is C13H15N3O4S. The Labute approximate surface area is 121 Å². The Morgan fingerprint density at radius 1 is 1.48 bits per heavy atom. The fourth-order valence-corrected chi connectivity index (χ4v) is 3.55. The van der Waals surface area contributed by atoms with Crippen molar-refractivity contribution in [2.75, 3.05) is 17.2 Å². The minimum atomic E-state index is -3.57. The fourth-order valence-electron chi connectivity index (χ4n) is 2.67. The first-order chi connectivity index (χ1) is 9.82. The number of oxazole rings is 1. The lowest BCUT2D eigenvalue weighted by Gasteiger charge is -2.16. The molecule has 1 aromatic heterocycles. The maximum atomic E-state index is 12.1. The molecule has 112 valence electrons. The van der Waals surface area contributed by atoms with E-state index in [1.807, 2.05) is 0 Å². The van der Waals surface area contributed by atoms with Gasteiger partial charge in [-0.2, -0.15) is 0 Å². The Morgan fingerprint density at radius 2 is 2.24 bits per heavy atom. The number of aryl methyl sites for hydroxylation is 1. The predicted octanol–water partition coefficient (Wildman–Crippen LogP) is 0.778. The highest BCUT2D eigenvalue weighted by Gasteiger charge is 2.33. The predicted molar refractivity (Wildman–Crippen MR) is 77.2 cm³/mol. The summed E-state index contributed by atoms with van der Waals surface area (Å²) < 4.78 is 27.7. The maximum Gasteiger partial charge on any atom is 0.227 e. The van der Waals surface area contributed by atoms with Crippen molar-refractivity contribution < 1.29 is 17.6 Å². The smallest absolute Gasteiger partial charge is 0.227 e. The molecule has 1 amide bonds. The number of primary sulfonamides is 1. The van der Waals surface area contributed by atoms with Crippen LogP contribution in [-0.2, 0) is 14.8 Å². The molecule has 0 aliphatic carbocycles. The molecule has 0 saturated carbocycles. The van der Waals surface area contributed by atoms with Crippen LogP contribution in [0.3, 0.4) is 0 Å². The molecule has 0 spiro atoms. The number of aromatic nitrogens is 1. The maximum absolute atomic E-state index is 12.1. The van der Waals surface area contributed by atoms with Crippen LogP contribution in [0.25, 0.3) is 11.1 Å². The van der Waals surface area contributed by atoms with Crippen LogP contribution in [0.4, 0.5) is 5.69 Å². The third-order valence-corrected chi connectivity index (χ3v) is 4.40. The molecule has 0 radical (unpaired) electrons. The Hall–Kier alpha value is -1.93. The third-order valence-electron chi connectivity index (χ3n) is 3.46. The van der Waals surface area contributed by atoms with Crippen molar-refractivity contribution in [2.45, 2.75) is 13.3 Å². The number of amides is 1. The molecule has 7 nitrogen and oxygen atoms in total. The summed E-state index contributed by atoms with van der Waals surface area (Å²) in [5.41, 5.74) is 2.02. The van der Waals surface area contributed by atoms with Crippen LogP contribution in [0.15, 0.2) is 22.6 Å². The molecule has 1 atom stereocenters. The van der Waals surface area contributed by atoms with Crippen molar-refractivity contribution in [3.05, 3.63) is 24.1 Å². The zero-order chi connectivity index (χ0) is 15.2. The first-order valence-electron chi connectivity index (χ1n) is 6.50. The second kappa shape index (κ2) is 4.81. The number of carbonyl (C=O) groups excluding carboxylic acids is 1. The summed E-state index contributed by atoms with van der Waals surface area (Å²) in [6, 6.07) is 5.29. The highest BCUT2D eigenvalue weighted by Crippen LogP contribution is 2.28. The van der Waals surface area contributed by atoms with Crippen molar-refractivity contribution in [1.82, 2.24) is 4.98 Å². The summed E-state index contributed by atoms with van der Waals surface area (Å²) in [5, 5.41) is 5.04. The van der Waals surface area contributed by atoms with E-state index in [9.17, 15) is 13.2 Å². The van der Waals surface area contributed by atoms with Gasteiger partial charge in [0.25, 0.3) is 0 Å². The molecule has 2 heterocycles. The summed E-state index contributed by atoms with van der Waals surface area (Å²) in [4.78, 5) is 17.9. The highest BCUT2D eigenvalue weighted by molar-refractivity contribution is 7.89. The summed E-state index contributed by atoms with van der Waals surface area (Å²) >= 11 is 0. The van der Waals surface area contributed by atoms with E-state index in [0.717, 1.165) is 0 Å². The summed E-state index contributed by atoms with van der Waals surface area (Å²) in [6.07, 6.45) is 0.187. The second-order valence-corrected chi connectivity index (χ2v) is 6.95. The zero-order valence-electron chi connectivity index (χ0n) is 11.4. The van der Waals surface area contributed by atoms with Gasteiger partial charge in [0.15, 0.2) is 11.5 Å². The number of fused-ring (bicyclic) bond motifs is 1. The van der Waals surface area contributed by atoms with Crippen LogP contribution >= 0.6 is 0 Å². The number of benzene rings is 1. The van der Waals surface area contributed by atoms with Gasteiger partial charge in [-0.05, 0) is 18.2 Å². The fraction of sp³-hybridized carbons (Fsp3) is 0.385. The first kappa shape index (κ1) is 14.0. The van der Waals surface area contributed by atoms with Crippen molar-refractivity contribution in [3.63, 3.8) is 0 Å². The minimum absolute atomic E-state index is 0.108. The van der Waals surface area contributed by atoms with Crippen LogP contribution in [0.1, 0.15) is 12.3 Å². The Kier molecular flexibility index (Phi) is 3.22. The van der Waals surface area contributed by atoms with Gasteiger partial charge >= 0.3 is 0 Å². The van der Waals surface area contributed by atoms with Crippen LogP contribution in [0.5, 0.6) is 0 Å². The number of hydrogen-bond donors (Lipinski definition) is 1. The lowest BCUT2D eigenvalue weighted by molar-refractivity contribution is -0.117. The lowest BCUT2D eigenvalue weighted by atomic mass is 10.1. The van der Waals surface area contributed by atoms with E-state index in [0.29, 0.717) is 29.2 Å². The number of nitrogens with zero attached hydrogens (tertiary/aromatic N) is 2. The van der Waals surface area contributed by atoms with Crippen molar-refractivity contribution >= 4 is 32.7 Å². The minimum Gasteiger partial charge on any atom is -0.441 e. The van der Waals surface area contributed by atoms with Gasteiger partial charge in [0.1, 0.15) is 5.52 Å². The van der Waals surface area contributed by atoms with Crippen LogP contribution in [0, 0.1) is 12.8 Å². The monoisotopic (exact) mass is 309 g/mol. The van der Waals surface area contributed by atoms with E-state index < -0.39 is 10.0 Å². The standard InChI is InChI=1S/C13H15N3O4S/c1-8-15-11-5-10(2-3-12(11)20-8)16-6-9(4-13(16)17)7-21(14,18)19/h2-3,5,9H,4,6-7H2,1H3,(H2,14,18,19). The Bertz CT molecular complexity index is 812. The molecule has 1 unspecified atom stereocenters. The van der Waals surface area contributed by atoms with Gasteiger partial charge in [-0.25, -0.2) is 18.5 Å². The topological polar surface area (TPSA) is 107 Å². The van der Waals surface area contributed by atoms with Crippen LogP contribution in [-0.4, -0.2) is 31.6 Å². The van der Waals surface area contributed by atoms with Gasteiger partial charge in [-0.1, -0.05) is 0 Å². The number of nitrogens with two attached hydrogens (primary N) is 1. The molecule has 21 heavy (non-hydrogen) atoms. The Morgan fingerprint density at radius 3 is 2.95 bits per heavy atom. The third kappa shape index (κ3) is 2.91. The SMILES string of the molecule is Cc1nc2cc(N3CC(CS(N)(=O)=O)CC3=O)ccc2o1. The van der Waals surface area contributed by atoms with E-state index in [1.165, 1.54) is 0 Å². The van der Waals surface area contributed by atoms with Crippen molar-refractivity contribution in [2.24, 2.45) is 11.1 Å².